The van der Waals surface area contributed by atoms with Crippen LogP contribution in [-0.4, -0.2) is 74.2 Å². The van der Waals surface area contributed by atoms with E-state index in [1.165, 1.54) is 7.11 Å². The van der Waals surface area contributed by atoms with Gasteiger partial charge in [-0.15, -0.1) is 0 Å². The van der Waals surface area contributed by atoms with Gasteiger partial charge in [0.15, 0.2) is 40.1 Å². The van der Waals surface area contributed by atoms with Crippen LogP contribution in [0.2, 0.25) is 36.3 Å². The van der Waals surface area contributed by atoms with Gasteiger partial charge in [0.2, 0.25) is 11.8 Å². The lowest BCUT2D eigenvalue weighted by molar-refractivity contribution is -0.0551. The minimum Gasteiger partial charge on any atom is -0.479 e. The average molecular weight is 630 g/mol. The largest absolute Gasteiger partial charge is 0.479 e. The molecule has 0 radical (unpaired) electrons. The zero-order valence-corrected chi connectivity index (χ0v) is 29.3. The molecule has 4 atom stereocenters. The molecule has 0 unspecified atom stereocenters. The number of carbonyl (C=O) groups excluding carboxylic acids is 1. The lowest BCUT2D eigenvalue weighted by Gasteiger charge is -2.41. The van der Waals surface area contributed by atoms with Gasteiger partial charge in [-0.3, -0.25) is 4.57 Å². The third-order valence-electron chi connectivity index (χ3n) is 9.06. The number of hydrogen-bond donors (Lipinski definition) is 1. The molecule has 2 N–H and O–H groups in total. The highest BCUT2D eigenvalue weighted by Gasteiger charge is 2.54. The second-order valence-electron chi connectivity index (χ2n) is 14.1. The summed E-state index contributed by atoms with van der Waals surface area (Å²) in [4.78, 5) is 26.7. The van der Waals surface area contributed by atoms with Crippen LogP contribution in [0, 0.1) is 0 Å². The van der Waals surface area contributed by atoms with E-state index in [-0.39, 0.29) is 28.5 Å². The van der Waals surface area contributed by atoms with Crippen LogP contribution < -0.4 is 10.5 Å². The Morgan fingerprint density at radius 3 is 2.19 bits per heavy atom. The van der Waals surface area contributed by atoms with Gasteiger partial charge in [0.25, 0.3) is 0 Å². The number of nitrogens with zero attached hydrogens (tertiary/aromatic N) is 4. The fourth-order valence-corrected chi connectivity index (χ4v) is 6.69. The number of imidazole rings is 1. The molecule has 1 fully saturated rings. The van der Waals surface area contributed by atoms with Gasteiger partial charge < -0.3 is 28.8 Å². The van der Waals surface area contributed by atoms with Gasteiger partial charge in [0.05, 0.1) is 25.6 Å². The molecule has 1 aliphatic rings. The predicted molar refractivity (Wildman–Crippen MR) is 171 cm³/mol. The monoisotopic (exact) mass is 629 g/mol. The van der Waals surface area contributed by atoms with E-state index in [9.17, 15) is 4.79 Å². The number of carbonyl (C=O) groups is 1. The van der Waals surface area contributed by atoms with Crippen molar-refractivity contribution in [2.24, 2.45) is 0 Å². The maximum atomic E-state index is 13.6. The second-order valence-corrected chi connectivity index (χ2v) is 23.7. The topological polar surface area (TPSA) is 133 Å². The molecule has 1 aromatic carbocycles. The van der Waals surface area contributed by atoms with E-state index in [2.05, 4.69) is 82.7 Å². The molecular weight excluding hydrogens is 583 g/mol. The number of fused-ring (bicyclic) bond motifs is 1. The summed E-state index contributed by atoms with van der Waals surface area (Å²) < 4.78 is 33.9. The first-order valence-electron chi connectivity index (χ1n) is 14.6. The Balaban J connectivity index is 1.83. The number of rotatable bonds is 9. The Kier molecular flexibility index (Phi) is 9.16. The summed E-state index contributed by atoms with van der Waals surface area (Å²) in [6.07, 6.45) is -1.27. The zero-order chi connectivity index (χ0) is 32.0. The summed E-state index contributed by atoms with van der Waals surface area (Å²) in [6, 6.07) is 8.90. The molecule has 1 aliphatic heterocycles. The first-order chi connectivity index (χ1) is 19.9. The smallest absolute Gasteiger partial charge is 0.338 e. The van der Waals surface area contributed by atoms with Gasteiger partial charge in [-0.1, -0.05) is 59.7 Å². The highest BCUT2D eigenvalue weighted by atomic mass is 28.4. The number of nitrogens with two attached hydrogens (primary N) is 1. The van der Waals surface area contributed by atoms with Crippen molar-refractivity contribution in [3.05, 3.63) is 42.2 Å². The van der Waals surface area contributed by atoms with Crippen LogP contribution in [-0.2, 0) is 18.3 Å². The molecule has 2 aromatic heterocycles. The van der Waals surface area contributed by atoms with Gasteiger partial charge in [-0.2, -0.15) is 9.97 Å². The fraction of sp³-hybridized carbons (Fsp3) is 0.600. The average Bonchev–Trinajstić information content (AvgIpc) is 3.47. The lowest BCUT2D eigenvalue weighted by atomic mass is 10.1. The first-order valence-corrected chi connectivity index (χ1v) is 20.5. The molecule has 1 saturated heterocycles. The Hall–Kier alpha value is -2.85. The Bertz CT molecular complexity index is 1430. The molecule has 43 heavy (non-hydrogen) atoms. The molecule has 13 heteroatoms. The van der Waals surface area contributed by atoms with Crippen molar-refractivity contribution in [1.29, 1.82) is 0 Å². The predicted octanol–water partition coefficient (Wildman–Crippen LogP) is 5.95. The van der Waals surface area contributed by atoms with E-state index in [1.54, 1.807) is 35.2 Å². The fourth-order valence-electron chi connectivity index (χ4n) is 4.36. The Morgan fingerprint density at radius 2 is 1.60 bits per heavy atom. The van der Waals surface area contributed by atoms with Crippen molar-refractivity contribution in [2.45, 2.75) is 102 Å². The number of aromatic nitrogens is 4. The second kappa shape index (κ2) is 11.9. The van der Waals surface area contributed by atoms with Crippen LogP contribution in [0.25, 0.3) is 11.2 Å². The quantitative estimate of drug-likeness (QED) is 0.224. The Morgan fingerprint density at radius 1 is 0.977 bits per heavy atom. The third-order valence-corrected chi connectivity index (χ3v) is 18.0. The summed E-state index contributed by atoms with van der Waals surface area (Å²) in [5.41, 5.74) is 7.27. The van der Waals surface area contributed by atoms with Crippen molar-refractivity contribution >= 4 is 39.7 Å². The highest BCUT2D eigenvalue weighted by molar-refractivity contribution is 6.74. The van der Waals surface area contributed by atoms with E-state index in [0.717, 1.165) is 0 Å². The van der Waals surface area contributed by atoms with E-state index >= 15 is 0 Å². The molecule has 236 valence electrons. The molecule has 0 spiro atoms. The van der Waals surface area contributed by atoms with Gasteiger partial charge in [0, 0.05) is 0 Å². The third kappa shape index (κ3) is 6.80. The van der Waals surface area contributed by atoms with Crippen LogP contribution in [0.15, 0.2) is 36.7 Å². The number of esters is 1. The summed E-state index contributed by atoms with van der Waals surface area (Å²) in [7, 11) is -3.06. The van der Waals surface area contributed by atoms with Crippen LogP contribution in [0.1, 0.15) is 58.1 Å². The maximum Gasteiger partial charge on any atom is 0.338 e. The molecule has 3 aromatic rings. The molecule has 0 aliphatic carbocycles. The molecular formula is C30H47N5O6Si2. The SMILES string of the molecule is COc1nc(N)nc2c1ncn2[C@@H]1O[C@H](CO[Si](C)(C)C(C)(C)C)[C@@H](O[Si](C)(C)C(C)(C)C)[C@@H]1OC(=O)c1ccccc1. The van der Waals surface area contributed by atoms with Crippen molar-refractivity contribution < 1.29 is 27.9 Å². The summed E-state index contributed by atoms with van der Waals surface area (Å²) in [5.74, 6) is -0.220. The van der Waals surface area contributed by atoms with Crippen molar-refractivity contribution in [1.82, 2.24) is 19.5 Å². The molecule has 0 amide bonds. The summed E-state index contributed by atoms with van der Waals surface area (Å²) in [5, 5.41) is -0.119. The number of methoxy groups -OCH3 is 1. The van der Waals surface area contributed by atoms with Crippen LogP contribution in [0.4, 0.5) is 5.95 Å². The van der Waals surface area contributed by atoms with Gasteiger partial charge >= 0.3 is 5.97 Å². The van der Waals surface area contributed by atoms with Gasteiger partial charge in [-0.25, -0.2) is 9.78 Å². The number of ether oxygens (including phenoxy) is 3. The van der Waals surface area contributed by atoms with Crippen molar-refractivity contribution in [3.63, 3.8) is 0 Å². The van der Waals surface area contributed by atoms with Crippen LogP contribution >= 0.6 is 0 Å². The maximum absolute atomic E-state index is 13.6. The normalized spacial score (nSPS) is 21.7. The van der Waals surface area contributed by atoms with Crippen LogP contribution in [0.3, 0.4) is 0 Å². The van der Waals surface area contributed by atoms with E-state index in [0.29, 0.717) is 16.7 Å². The summed E-state index contributed by atoms with van der Waals surface area (Å²) >= 11 is 0. The Labute approximate surface area is 256 Å². The highest BCUT2D eigenvalue weighted by Crippen LogP contribution is 2.44. The van der Waals surface area contributed by atoms with Crippen LogP contribution in [0.5, 0.6) is 5.88 Å². The lowest BCUT2D eigenvalue weighted by Crippen LogP contribution is -2.51. The van der Waals surface area contributed by atoms with Crippen molar-refractivity contribution in [3.8, 4) is 5.88 Å². The van der Waals surface area contributed by atoms with E-state index < -0.39 is 47.1 Å². The number of anilines is 1. The molecule has 3 heterocycles. The first kappa shape index (κ1) is 33.1. The number of benzene rings is 1. The standard InChI is InChI=1S/C30H47N5O6Si2/c1-29(2,3)42(8,9)38-17-20-22(41-43(10,11)30(4,5)6)23(40-27(36)19-15-13-12-14-16-19)26(39-20)35-18-32-21-24(35)33-28(31)34-25(21)37-7/h12-16,18,20,22-23,26H,17H2,1-11H3,(H2,31,33,34)/t20-,22-,23+,26-/m1/s1. The van der Waals surface area contributed by atoms with Gasteiger partial charge in [0.1, 0.15) is 12.2 Å². The summed E-state index contributed by atoms with van der Waals surface area (Å²) in [6.45, 7) is 22.1. The number of hydrogen-bond acceptors (Lipinski definition) is 10. The molecule has 0 bridgehead atoms. The minimum absolute atomic E-state index is 0.00842. The van der Waals surface area contributed by atoms with Gasteiger partial charge in [-0.05, 0) is 48.4 Å². The molecule has 4 rings (SSSR count). The zero-order valence-electron chi connectivity index (χ0n) is 27.3. The minimum atomic E-state index is -2.39. The van der Waals surface area contributed by atoms with E-state index in [4.69, 9.17) is 28.8 Å². The molecule has 0 saturated carbocycles. The van der Waals surface area contributed by atoms with Crippen molar-refractivity contribution in [2.75, 3.05) is 19.5 Å². The molecule has 11 nitrogen and oxygen atoms in total. The number of nitrogen functional groups attached to an aromatic ring is 1. The van der Waals surface area contributed by atoms with E-state index in [1.807, 2.05) is 6.07 Å².